The summed E-state index contributed by atoms with van der Waals surface area (Å²) in [6, 6.07) is 15.3. The first kappa shape index (κ1) is 22.2. The number of Topliss-reactive ketones (excluding diaryl/α,β-unsaturated/α-hetero) is 1. The molecule has 7 nitrogen and oxygen atoms in total. The van der Waals surface area contributed by atoms with Gasteiger partial charge in [0.1, 0.15) is 5.56 Å². The number of hydrogen-bond acceptors (Lipinski definition) is 4. The van der Waals surface area contributed by atoms with Crippen LogP contribution in [-0.4, -0.2) is 22.6 Å². The quantitative estimate of drug-likeness (QED) is 0.557. The van der Waals surface area contributed by atoms with Crippen molar-refractivity contribution in [1.29, 1.82) is 0 Å². The Morgan fingerprint density at radius 3 is 2.36 bits per heavy atom. The van der Waals surface area contributed by atoms with E-state index < -0.39 is 11.5 Å². The molecule has 0 unspecified atom stereocenters. The summed E-state index contributed by atoms with van der Waals surface area (Å²) in [5, 5.41) is 5.54. The van der Waals surface area contributed by atoms with Crippen LogP contribution in [-0.2, 0) is 6.42 Å². The Balaban J connectivity index is 1.57. The number of hydrogen-bond donors (Lipinski definition) is 3. The second-order valence-corrected chi connectivity index (χ2v) is 9.15. The van der Waals surface area contributed by atoms with Gasteiger partial charge in [-0.1, -0.05) is 38.1 Å². The first-order valence-electron chi connectivity index (χ1n) is 10.7. The average molecular weight is 444 g/mol. The third kappa shape index (κ3) is 4.77. The summed E-state index contributed by atoms with van der Waals surface area (Å²) in [5.41, 5.74) is 2.28. The lowest BCUT2D eigenvalue weighted by Gasteiger charge is -2.29. The van der Waals surface area contributed by atoms with E-state index in [1.807, 2.05) is 19.9 Å². The highest BCUT2D eigenvalue weighted by molar-refractivity contribution is 6.08. The molecule has 1 heterocycles. The SMILES string of the molecule is Cc1ccc(NC(=O)c2ccccc2)cc1NC(=O)c1cc2c([nH]c1=O)CC(C)(C)CC2=O. The number of benzene rings is 2. The number of carbonyl (C=O) groups excluding carboxylic acids is 3. The fourth-order valence-corrected chi connectivity index (χ4v) is 4.01. The van der Waals surface area contributed by atoms with E-state index in [1.165, 1.54) is 6.07 Å². The number of pyridine rings is 1. The minimum Gasteiger partial charge on any atom is -0.325 e. The van der Waals surface area contributed by atoms with Gasteiger partial charge in [0.2, 0.25) is 0 Å². The van der Waals surface area contributed by atoms with E-state index in [0.29, 0.717) is 41.0 Å². The number of anilines is 2. The number of aromatic nitrogens is 1. The highest BCUT2D eigenvalue weighted by Gasteiger charge is 2.32. The third-order valence-electron chi connectivity index (χ3n) is 5.74. The van der Waals surface area contributed by atoms with Crippen molar-refractivity contribution in [3.05, 3.63) is 92.9 Å². The summed E-state index contributed by atoms with van der Waals surface area (Å²) in [6.07, 6.45) is 0.919. The molecule has 7 heteroatoms. The number of fused-ring (bicyclic) bond motifs is 1. The summed E-state index contributed by atoms with van der Waals surface area (Å²) >= 11 is 0. The zero-order valence-corrected chi connectivity index (χ0v) is 18.7. The fraction of sp³-hybridized carbons (Fsp3) is 0.231. The Labute approximate surface area is 191 Å². The summed E-state index contributed by atoms with van der Waals surface area (Å²) in [5.74, 6) is -0.982. The zero-order chi connectivity index (χ0) is 23.8. The van der Waals surface area contributed by atoms with Crippen LogP contribution >= 0.6 is 0 Å². The molecule has 0 radical (unpaired) electrons. The molecule has 1 aromatic heterocycles. The Bertz CT molecular complexity index is 1320. The van der Waals surface area contributed by atoms with E-state index in [2.05, 4.69) is 15.6 Å². The van der Waals surface area contributed by atoms with Gasteiger partial charge in [-0.05, 0) is 54.7 Å². The van der Waals surface area contributed by atoms with Crippen LogP contribution in [0.1, 0.15) is 62.6 Å². The van der Waals surface area contributed by atoms with Crippen LogP contribution in [0.25, 0.3) is 0 Å². The van der Waals surface area contributed by atoms with Gasteiger partial charge in [-0.15, -0.1) is 0 Å². The molecule has 33 heavy (non-hydrogen) atoms. The van der Waals surface area contributed by atoms with Crippen LogP contribution in [0.2, 0.25) is 0 Å². The first-order valence-corrected chi connectivity index (χ1v) is 10.7. The second kappa shape index (κ2) is 8.50. The van der Waals surface area contributed by atoms with Crippen molar-refractivity contribution in [3.8, 4) is 0 Å². The van der Waals surface area contributed by atoms with E-state index in [4.69, 9.17) is 0 Å². The van der Waals surface area contributed by atoms with Crippen molar-refractivity contribution in [1.82, 2.24) is 4.98 Å². The van der Waals surface area contributed by atoms with Crippen LogP contribution < -0.4 is 16.2 Å². The molecule has 0 saturated carbocycles. The lowest BCUT2D eigenvalue weighted by Crippen LogP contribution is -2.32. The van der Waals surface area contributed by atoms with Crippen LogP contribution in [0.4, 0.5) is 11.4 Å². The highest BCUT2D eigenvalue weighted by atomic mass is 16.2. The topological polar surface area (TPSA) is 108 Å². The van der Waals surface area contributed by atoms with Gasteiger partial charge in [-0.2, -0.15) is 0 Å². The molecule has 3 N–H and O–H groups in total. The molecule has 168 valence electrons. The molecule has 2 aromatic carbocycles. The van der Waals surface area contributed by atoms with Gasteiger partial charge in [-0.3, -0.25) is 19.2 Å². The molecular formula is C26H25N3O4. The Morgan fingerprint density at radius 2 is 1.64 bits per heavy atom. The molecule has 3 aromatic rings. The number of aryl methyl sites for hydroxylation is 1. The number of nitrogens with one attached hydrogen (secondary N) is 3. The normalized spacial score (nSPS) is 14.3. The van der Waals surface area contributed by atoms with Crippen molar-refractivity contribution in [3.63, 3.8) is 0 Å². The molecule has 0 saturated heterocycles. The molecule has 0 fully saturated rings. The monoisotopic (exact) mass is 443 g/mol. The zero-order valence-electron chi connectivity index (χ0n) is 18.7. The van der Waals surface area contributed by atoms with Gasteiger partial charge in [0.05, 0.1) is 0 Å². The first-order chi connectivity index (χ1) is 15.6. The van der Waals surface area contributed by atoms with Gasteiger partial charge in [0.25, 0.3) is 17.4 Å². The molecule has 0 aliphatic heterocycles. The van der Waals surface area contributed by atoms with Crippen LogP contribution in [0.5, 0.6) is 0 Å². The van der Waals surface area contributed by atoms with Crippen LogP contribution in [0.15, 0.2) is 59.4 Å². The summed E-state index contributed by atoms with van der Waals surface area (Å²) in [6.45, 7) is 5.75. The predicted molar refractivity (Wildman–Crippen MR) is 127 cm³/mol. The number of aromatic amines is 1. The minimum absolute atomic E-state index is 0.0895. The number of carbonyl (C=O) groups is 3. The van der Waals surface area contributed by atoms with Crippen molar-refractivity contribution in [2.75, 3.05) is 10.6 Å². The Hall–Kier alpha value is -4.00. The lowest BCUT2D eigenvalue weighted by molar-refractivity contribution is 0.0909. The molecule has 1 aliphatic rings. The summed E-state index contributed by atoms with van der Waals surface area (Å²) in [4.78, 5) is 53.3. The van der Waals surface area contributed by atoms with Crippen LogP contribution in [0, 0.1) is 12.3 Å². The summed E-state index contributed by atoms with van der Waals surface area (Å²) < 4.78 is 0. The van der Waals surface area contributed by atoms with E-state index in [-0.39, 0.29) is 22.7 Å². The molecule has 1 aliphatic carbocycles. The maximum absolute atomic E-state index is 12.9. The van der Waals surface area contributed by atoms with Crippen LogP contribution in [0.3, 0.4) is 0 Å². The van der Waals surface area contributed by atoms with Gasteiger partial charge in [0.15, 0.2) is 5.78 Å². The van der Waals surface area contributed by atoms with Gasteiger partial charge in [0, 0.05) is 34.6 Å². The molecule has 0 bridgehead atoms. The largest absolute Gasteiger partial charge is 0.325 e. The van der Waals surface area contributed by atoms with Crippen molar-refractivity contribution < 1.29 is 14.4 Å². The van der Waals surface area contributed by atoms with E-state index in [1.54, 1.807) is 49.4 Å². The van der Waals surface area contributed by atoms with E-state index in [9.17, 15) is 19.2 Å². The van der Waals surface area contributed by atoms with E-state index >= 15 is 0 Å². The maximum atomic E-state index is 12.9. The average Bonchev–Trinajstić information content (AvgIpc) is 2.75. The number of amides is 2. The minimum atomic E-state index is -0.619. The maximum Gasteiger partial charge on any atom is 0.261 e. The fourth-order valence-electron chi connectivity index (χ4n) is 4.01. The standard InChI is InChI=1S/C26H25N3O4/c1-15-9-10-17(27-23(31)16-7-5-4-6-8-16)11-20(15)28-24(32)19-12-18-21(29-25(19)33)13-26(2,3)14-22(18)30/h4-12H,13-14H2,1-3H3,(H,27,31)(H,28,32)(H,29,33). The third-order valence-corrected chi connectivity index (χ3v) is 5.74. The van der Waals surface area contributed by atoms with Gasteiger partial charge < -0.3 is 15.6 Å². The number of H-pyrrole nitrogens is 1. The summed E-state index contributed by atoms with van der Waals surface area (Å²) in [7, 11) is 0. The predicted octanol–water partition coefficient (Wildman–Crippen LogP) is 4.34. The van der Waals surface area contributed by atoms with Crippen molar-refractivity contribution >= 4 is 29.0 Å². The van der Waals surface area contributed by atoms with Gasteiger partial charge >= 0.3 is 0 Å². The molecule has 4 rings (SSSR count). The second-order valence-electron chi connectivity index (χ2n) is 9.15. The Morgan fingerprint density at radius 1 is 0.909 bits per heavy atom. The molecular weight excluding hydrogens is 418 g/mol. The number of ketones is 1. The smallest absolute Gasteiger partial charge is 0.261 e. The van der Waals surface area contributed by atoms with Crippen molar-refractivity contribution in [2.45, 2.75) is 33.6 Å². The Kier molecular flexibility index (Phi) is 5.72. The van der Waals surface area contributed by atoms with Crippen molar-refractivity contribution in [2.24, 2.45) is 5.41 Å². The molecule has 0 spiro atoms. The number of rotatable bonds is 4. The van der Waals surface area contributed by atoms with E-state index in [0.717, 1.165) is 5.56 Å². The highest BCUT2D eigenvalue weighted by Crippen LogP contribution is 2.33. The molecule has 2 amide bonds. The molecule has 0 atom stereocenters. The van der Waals surface area contributed by atoms with Gasteiger partial charge in [-0.25, -0.2) is 0 Å². The lowest BCUT2D eigenvalue weighted by atomic mass is 9.75.